The van der Waals surface area contributed by atoms with E-state index < -0.39 is 19.9 Å². The lowest BCUT2D eigenvalue weighted by Gasteiger charge is -2.32. The van der Waals surface area contributed by atoms with Gasteiger partial charge in [-0.05, 0) is 43.9 Å². The number of hydrogen-bond donors (Lipinski definition) is 1. The van der Waals surface area contributed by atoms with E-state index in [2.05, 4.69) is 5.32 Å². The maximum atomic E-state index is 12.7. The predicted octanol–water partition coefficient (Wildman–Crippen LogP) is 1.72. The fraction of sp³-hybridized carbons (Fsp3) is 0.611. The van der Waals surface area contributed by atoms with Crippen molar-refractivity contribution < 1.29 is 21.6 Å². The Bertz CT molecular complexity index is 864. The molecule has 0 bridgehead atoms. The van der Waals surface area contributed by atoms with Gasteiger partial charge >= 0.3 is 0 Å². The van der Waals surface area contributed by atoms with Crippen molar-refractivity contribution in [2.75, 3.05) is 25.1 Å². The molecule has 1 heterocycles. The second-order valence-electron chi connectivity index (χ2n) is 6.91. The molecule has 1 aliphatic heterocycles. The van der Waals surface area contributed by atoms with Gasteiger partial charge in [0.15, 0.2) is 9.84 Å². The number of carbonyl (C=O) groups is 1. The van der Waals surface area contributed by atoms with Crippen LogP contribution in [-0.2, 0) is 24.7 Å². The van der Waals surface area contributed by atoms with Gasteiger partial charge in [0.2, 0.25) is 15.9 Å². The van der Waals surface area contributed by atoms with Crippen LogP contribution in [0.1, 0.15) is 44.7 Å². The van der Waals surface area contributed by atoms with Crippen LogP contribution < -0.4 is 5.32 Å². The van der Waals surface area contributed by atoms with Crippen LogP contribution in [0.3, 0.4) is 0 Å². The number of rotatable bonds is 7. The Balaban J connectivity index is 2.08. The number of nitrogens with one attached hydrogen (secondary N) is 1. The number of benzene rings is 1. The molecular formula is C18H28N2O5S2. The fourth-order valence-corrected chi connectivity index (χ4v) is 5.06. The minimum Gasteiger partial charge on any atom is -0.349 e. The summed E-state index contributed by atoms with van der Waals surface area (Å²) < 4.78 is 48.7. The number of nitrogens with zero attached hydrogens (tertiary/aromatic N) is 1. The van der Waals surface area contributed by atoms with Crippen molar-refractivity contribution in [2.24, 2.45) is 5.92 Å². The van der Waals surface area contributed by atoms with Gasteiger partial charge < -0.3 is 5.32 Å². The van der Waals surface area contributed by atoms with Gasteiger partial charge in [0.25, 0.3) is 0 Å². The highest BCUT2D eigenvalue weighted by Gasteiger charge is 2.32. The molecule has 1 fully saturated rings. The first-order valence-corrected chi connectivity index (χ1v) is 12.7. The summed E-state index contributed by atoms with van der Waals surface area (Å²) in [6.07, 6.45) is 3.12. The molecule has 0 radical (unpaired) electrons. The molecule has 1 amide bonds. The first kappa shape index (κ1) is 21.8. The monoisotopic (exact) mass is 416 g/mol. The van der Waals surface area contributed by atoms with Gasteiger partial charge in [-0.15, -0.1) is 0 Å². The Labute approximate surface area is 162 Å². The zero-order chi connectivity index (χ0) is 20.2. The van der Waals surface area contributed by atoms with E-state index in [4.69, 9.17) is 0 Å². The molecule has 1 saturated heterocycles. The van der Waals surface area contributed by atoms with Crippen LogP contribution in [0.15, 0.2) is 29.2 Å². The molecule has 152 valence electrons. The Morgan fingerprint density at radius 3 is 2.33 bits per heavy atom. The Morgan fingerprint density at radius 2 is 1.81 bits per heavy atom. The van der Waals surface area contributed by atoms with Crippen LogP contribution in [0.25, 0.3) is 0 Å². The lowest BCUT2D eigenvalue weighted by atomic mass is 9.97. The number of carbonyl (C=O) groups excluding carboxylic acids is 1. The van der Waals surface area contributed by atoms with E-state index in [0.717, 1.165) is 11.8 Å². The SMILES string of the molecule is CC[C@H](NC(=O)[C@H]1CCCN(S(=O)(=O)CC)C1)c1ccc(S(C)(=O)=O)cc1. The van der Waals surface area contributed by atoms with Gasteiger partial charge in [-0.25, -0.2) is 21.1 Å². The molecule has 2 atom stereocenters. The van der Waals surface area contributed by atoms with Crippen molar-refractivity contribution in [1.29, 1.82) is 0 Å². The largest absolute Gasteiger partial charge is 0.349 e. The lowest BCUT2D eigenvalue weighted by Crippen LogP contribution is -2.46. The van der Waals surface area contributed by atoms with Crippen molar-refractivity contribution in [3.63, 3.8) is 0 Å². The average molecular weight is 417 g/mol. The van der Waals surface area contributed by atoms with E-state index in [0.29, 0.717) is 25.8 Å². The molecule has 1 aliphatic rings. The Morgan fingerprint density at radius 1 is 1.19 bits per heavy atom. The van der Waals surface area contributed by atoms with Crippen molar-refractivity contribution in [3.8, 4) is 0 Å². The van der Waals surface area contributed by atoms with E-state index in [1.165, 1.54) is 16.4 Å². The molecule has 0 spiro atoms. The number of sulfonamides is 1. The third-order valence-electron chi connectivity index (χ3n) is 4.95. The van der Waals surface area contributed by atoms with Crippen LogP contribution >= 0.6 is 0 Å². The summed E-state index contributed by atoms with van der Waals surface area (Å²) in [5.74, 6) is -0.500. The maximum Gasteiger partial charge on any atom is 0.224 e. The van der Waals surface area contributed by atoms with E-state index in [-0.39, 0.29) is 35.1 Å². The van der Waals surface area contributed by atoms with E-state index >= 15 is 0 Å². The van der Waals surface area contributed by atoms with Crippen molar-refractivity contribution >= 4 is 25.8 Å². The van der Waals surface area contributed by atoms with E-state index in [1.54, 1.807) is 19.1 Å². The molecule has 27 heavy (non-hydrogen) atoms. The highest BCUT2D eigenvalue weighted by molar-refractivity contribution is 7.90. The molecule has 0 unspecified atom stereocenters. The zero-order valence-corrected chi connectivity index (χ0v) is 17.6. The van der Waals surface area contributed by atoms with Gasteiger partial charge in [0.1, 0.15) is 0 Å². The molecule has 0 aliphatic carbocycles. The highest BCUT2D eigenvalue weighted by Crippen LogP contribution is 2.23. The summed E-state index contributed by atoms with van der Waals surface area (Å²) in [4.78, 5) is 12.9. The van der Waals surface area contributed by atoms with Crippen LogP contribution in [0.2, 0.25) is 0 Å². The smallest absolute Gasteiger partial charge is 0.224 e. The number of amides is 1. The van der Waals surface area contributed by atoms with Crippen molar-refractivity contribution in [2.45, 2.75) is 44.0 Å². The van der Waals surface area contributed by atoms with Gasteiger partial charge in [0, 0.05) is 19.3 Å². The summed E-state index contributed by atoms with van der Waals surface area (Å²) in [6, 6.07) is 6.24. The fourth-order valence-electron chi connectivity index (χ4n) is 3.25. The lowest BCUT2D eigenvalue weighted by molar-refractivity contribution is -0.126. The Hall–Kier alpha value is -1.45. The zero-order valence-electron chi connectivity index (χ0n) is 16.0. The average Bonchev–Trinajstić information content (AvgIpc) is 2.65. The maximum absolute atomic E-state index is 12.7. The predicted molar refractivity (Wildman–Crippen MR) is 104 cm³/mol. The molecular weight excluding hydrogens is 388 g/mol. The third kappa shape index (κ3) is 5.52. The quantitative estimate of drug-likeness (QED) is 0.729. The number of piperidine rings is 1. The minimum atomic E-state index is -3.30. The molecule has 0 aromatic heterocycles. The molecule has 1 aromatic rings. The normalized spacial score (nSPS) is 20.2. The molecule has 1 N–H and O–H groups in total. The summed E-state index contributed by atoms with van der Waals surface area (Å²) in [5, 5.41) is 2.99. The van der Waals surface area contributed by atoms with Crippen molar-refractivity contribution in [3.05, 3.63) is 29.8 Å². The molecule has 9 heteroatoms. The van der Waals surface area contributed by atoms with E-state index in [9.17, 15) is 21.6 Å². The first-order chi connectivity index (χ1) is 12.6. The summed E-state index contributed by atoms with van der Waals surface area (Å²) >= 11 is 0. The molecule has 2 rings (SSSR count). The van der Waals surface area contributed by atoms with Gasteiger partial charge in [-0.3, -0.25) is 4.79 Å². The van der Waals surface area contributed by atoms with Crippen LogP contribution in [0.5, 0.6) is 0 Å². The van der Waals surface area contributed by atoms with E-state index in [1.807, 2.05) is 6.92 Å². The third-order valence-corrected chi connectivity index (χ3v) is 7.92. The number of sulfone groups is 1. The minimum absolute atomic E-state index is 0.0333. The number of hydrogen-bond acceptors (Lipinski definition) is 5. The summed E-state index contributed by atoms with van der Waals surface area (Å²) in [5.41, 5.74) is 0.826. The molecule has 7 nitrogen and oxygen atoms in total. The molecule has 0 saturated carbocycles. The van der Waals surface area contributed by atoms with Crippen LogP contribution in [-0.4, -0.2) is 52.1 Å². The highest BCUT2D eigenvalue weighted by atomic mass is 32.2. The van der Waals surface area contributed by atoms with Crippen LogP contribution in [0.4, 0.5) is 0 Å². The van der Waals surface area contributed by atoms with Crippen LogP contribution in [0, 0.1) is 5.92 Å². The van der Waals surface area contributed by atoms with Crippen molar-refractivity contribution in [1.82, 2.24) is 9.62 Å². The Kier molecular flexibility index (Phi) is 7.04. The first-order valence-electron chi connectivity index (χ1n) is 9.16. The second kappa shape index (κ2) is 8.70. The standard InChI is InChI=1S/C18H28N2O5S2/c1-4-17(14-8-10-16(11-9-14)26(3,22)23)19-18(21)15-7-6-12-20(13-15)27(24,25)5-2/h8-11,15,17H,4-7,12-13H2,1-3H3,(H,19,21)/t15-,17-/m0/s1. The molecule has 1 aromatic carbocycles. The van der Waals surface area contributed by atoms with Gasteiger partial charge in [0.05, 0.1) is 22.6 Å². The summed E-state index contributed by atoms with van der Waals surface area (Å²) in [6.45, 7) is 4.21. The summed E-state index contributed by atoms with van der Waals surface area (Å²) in [7, 11) is -6.56. The second-order valence-corrected chi connectivity index (χ2v) is 11.2. The van der Waals surface area contributed by atoms with Gasteiger partial charge in [-0.1, -0.05) is 19.1 Å². The van der Waals surface area contributed by atoms with Gasteiger partial charge in [-0.2, -0.15) is 0 Å². The topological polar surface area (TPSA) is 101 Å².